The Morgan fingerprint density at radius 2 is 1.95 bits per heavy atom. The summed E-state index contributed by atoms with van der Waals surface area (Å²) < 4.78 is 9.75. The molecule has 1 rings (SSSR count). The molecule has 0 heterocycles. The minimum atomic E-state index is -0.293. The Kier molecular flexibility index (Phi) is 6.09. The molecule has 1 aromatic carbocycles. The molecule has 1 unspecified atom stereocenters. The predicted octanol–water partition coefficient (Wildman–Crippen LogP) is 2.47. The zero-order valence-corrected chi connectivity index (χ0v) is 11.9. The minimum absolute atomic E-state index is 0.201. The van der Waals surface area contributed by atoms with E-state index in [1.165, 1.54) is 12.7 Å². The molecule has 0 bridgehead atoms. The van der Waals surface area contributed by atoms with E-state index in [4.69, 9.17) is 4.74 Å². The Labute approximate surface area is 114 Å². The molecular formula is C15H21NO3. The first-order valence-corrected chi connectivity index (χ1v) is 6.21. The van der Waals surface area contributed by atoms with Crippen LogP contribution in [0, 0.1) is 0 Å². The number of hydrogen-bond donors (Lipinski definition) is 1. The highest BCUT2D eigenvalue weighted by Gasteiger charge is 2.05. The van der Waals surface area contributed by atoms with Gasteiger partial charge in [-0.25, -0.2) is 4.79 Å². The van der Waals surface area contributed by atoms with Crippen molar-refractivity contribution in [1.82, 2.24) is 5.32 Å². The zero-order chi connectivity index (χ0) is 14.3. The SMILES string of the molecule is COC(=O)/C(C)=C/CNC(C)c1ccc(OC)cc1. The van der Waals surface area contributed by atoms with Gasteiger partial charge in [-0.2, -0.15) is 0 Å². The summed E-state index contributed by atoms with van der Waals surface area (Å²) in [6.45, 7) is 4.43. The summed E-state index contributed by atoms with van der Waals surface area (Å²) in [5, 5.41) is 3.32. The molecule has 0 aliphatic carbocycles. The van der Waals surface area contributed by atoms with Crippen LogP contribution < -0.4 is 10.1 Å². The van der Waals surface area contributed by atoms with Crippen LogP contribution in [0.2, 0.25) is 0 Å². The molecule has 1 aromatic rings. The van der Waals surface area contributed by atoms with Gasteiger partial charge in [-0.3, -0.25) is 0 Å². The Balaban J connectivity index is 2.50. The molecule has 0 spiro atoms. The Bertz CT molecular complexity index is 437. The number of esters is 1. The maximum absolute atomic E-state index is 11.2. The Morgan fingerprint density at radius 1 is 1.32 bits per heavy atom. The minimum Gasteiger partial charge on any atom is -0.497 e. The second-order valence-corrected chi connectivity index (χ2v) is 4.28. The normalized spacial score (nSPS) is 12.9. The van der Waals surface area contributed by atoms with E-state index in [0.29, 0.717) is 12.1 Å². The number of carbonyl (C=O) groups excluding carboxylic acids is 1. The first kappa shape index (κ1) is 15.2. The van der Waals surface area contributed by atoms with E-state index in [1.807, 2.05) is 30.3 Å². The third-order valence-corrected chi connectivity index (χ3v) is 2.96. The maximum atomic E-state index is 11.2. The molecule has 0 aliphatic rings. The van der Waals surface area contributed by atoms with Crippen LogP contribution in [0.25, 0.3) is 0 Å². The number of ether oxygens (including phenoxy) is 2. The lowest BCUT2D eigenvalue weighted by Crippen LogP contribution is -2.19. The highest BCUT2D eigenvalue weighted by molar-refractivity contribution is 5.87. The van der Waals surface area contributed by atoms with Crippen molar-refractivity contribution in [2.24, 2.45) is 0 Å². The van der Waals surface area contributed by atoms with Crippen molar-refractivity contribution in [1.29, 1.82) is 0 Å². The van der Waals surface area contributed by atoms with E-state index in [2.05, 4.69) is 17.0 Å². The monoisotopic (exact) mass is 263 g/mol. The van der Waals surface area contributed by atoms with Gasteiger partial charge in [0.15, 0.2) is 0 Å². The van der Waals surface area contributed by atoms with Gasteiger partial charge >= 0.3 is 5.97 Å². The summed E-state index contributed by atoms with van der Waals surface area (Å²) in [6.07, 6.45) is 1.83. The van der Waals surface area contributed by atoms with Crippen LogP contribution in [-0.2, 0) is 9.53 Å². The topological polar surface area (TPSA) is 47.6 Å². The van der Waals surface area contributed by atoms with Crippen LogP contribution in [0.5, 0.6) is 5.75 Å². The third-order valence-electron chi connectivity index (χ3n) is 2.96. The molecule has 0 aromatic heterocycles. The first-order chi connectivity index (χ1) is 9.08. The van der Waals surface area contributed by atoms with E-state index in [-0.39, 0.29) is 12.0 Å². The predicted molar refractivity (Wildman–Crippen MR) is 75.2 cm³/mol. The molecule has 4 nitrogen and oxygen atoms in total. The fraction of sp³-hybridized carbons (Fsp3) is 0.400. The van der Waals surface area contributed by atoms with Gasteiger partial charge in [-0.05, 0) is 31.5 Å². The molecule has 1 atom stereocenters. The number of nitrogens with one attached hydrogen (secondary N) is 1. The molecule has 0 saturated heterocycles. The summed E-state index contributed by atoms with van der Waals surface area (Å²) in [7, 11) is 3.03. The Morgan fingerprint density at radius 3 is 2.47 bits per heavy atom. The van der Waals surface area contributed by atoms with Gasteiger partial charge in [0, 0.05) is 18.2 Å². The van der Waals surface area contributed by atoms with E-state index in [1.54, 1.807) is 14.0 Å². The summed E-state index contributed by atoms with van der Waals surface area (Å²) in [6, 6.07) is 8.11. The zero-order valence-electron chi connectivity index (χ0n) is 11.9. The second-order valence-electron chi connectivity index (χ2n) is 4.28. The molecule has 0 amide bonds. The first-order valence-electron chi connectivity index (χ1n) is 6.21. The van der Waals surface area contributed by atoms with Crippen LogP contribution in [0.3, 0.4) is 0 Å². The number of hydrogen-bond acceptors (Lipinski definition) is 4. The molecule has 0 fully saturated rings. The second kappa shape index (κ2) is 7.59. The van der Waals surface area contributed by atoms with Crippen molar-refractivity contribution < 1.29 is 14.3 Å². The molecule has 104 valence electrons. The lowest BCUT2D eigenvalue weighted by atomic mass is 10.1. The van der Waals surface area contributed by atoms with Crippen molar-refractivity contribution in [3.63, 3.8) is 0 Å². The Hall–Kier alpha value is -1.81. The van der Waals surface area contributed by atoms with Gasteiger partial charge in [0.05, 0.1) is 14.2 Å². The lowest BCUT2D eigenvalue weighted by molar-refractivity contribution is -0.136. The molecule has 0 radical (unpaired) electrons. The summed E-state index contributed by atoms with van der Waals surface area (Å²) in [5.74, 6) is 0.552. The van der Waals surface area contributed by atoms with Crippen LogP contribution in [0.15, 0.2) is 35.9 Å². The largest absolute Gasteiger partial charge is 0.497 e. The standard InChI is InChI=1S/C15H21NO3/c1-11(15(17)19-4)9-10-16-12(2)13-5-7-14(18-3)8-6-13/h5-9,12,16H,10H2,1-4H3/b11-9+. The number of carbonyl (C=O) groups is 1. The third kappa shape index (κ3) is 4.75. The van der Waals surface area contributed by atoms with E-state index >= 15 is 0 Å². The van der Waals surface area contributed by atoms with E-state index in [0.717, 1.165) is 5.75 Å². The fourth-order valence-corrected chi connectivity index (χ4v) is 1.64. The van der Waals surface area contributed by atoms with Crippen LogP contribution in [0.1, 0.15) is 25.5 Å². The summed E-state index contributed by atoms with van der Waals surface area (Å²) >= 11 is 0. The number of methoxy groups -OCH3 is 2. The van der Waals surface area contributed by atoms with E-state index < -0.39 is 0 Å². The van der Waals surface area contributed by atoms with Gasteiger partial charge < -0.3 is 14.8 Å². The van der Waals surface area contributed by atoms with Crippen LogP contribution >= 0.6 is 0 Å². The lowest BCUT2D eigenvalue weighted by Gasteiger charge is -2.13. The van der Waals surface area contributed by atoms with Crippen molar-refractivity contribution in [3.8, 4) is 5.75 Å². The van der Waals surface area contributed by atoms with Crippen molar-refractivity contribution in [2.75, 3.05) is 20.8 Å². The van der Waals surface area contributed by atoms with Gasteiger partial charge in [-0.15, -0.1) is 0 Å². The van der Waals surface area contributed by atoms with Crippen LogP contribution in [-0.4, -0.2) is 26.7 Å². The molecule has 0 aliphatic heterocycles. The average molecular weight is 263 g/mol. The highest BCUT2D eigenvalue weighted by atomic mass is 16.5. The molecule has 19 heavy (non-hydrogen) atoms. The molecule has 1 N–H and O–H groups in total. The summed E-state index contributed by atoms with van der Waals surface area (Å²) in [5.41, 5.74) is 1.78. The van der Waals surface area contributed by atoms with Crippen molar-refractivity contribution >= 4 is 5.97 Å². The molecular weight excluding hydrogens is 242 g/mol. The highest BCUT2D eigenvalue weighted by Crippen LogP contribution is 2.16. The quantitative estimate of drug-likeness (QED) is 0.632. The van der Waals surface area contributed by atoms with Crippen molar-refractivity contribution in [2.45, 2.75) is 19.9 Å². The van der Waals surface area contributed by atoms with Crippen LogP contribution in [0.4, 0.5) is 0 Å². The number of benzene rings is 1. The van der Waals surface area contributed by atoms with Crippen molar-refractivity contribution in [3.05, 3.63) is 41.5 Å². The van der Waals surface area contributed by atoms with Gasteiger partial charge in [0.25, 0.3) is 0 Å². The molecule has 0 saturated carbocycles. The van der Waals surface area contributed by atoms with Gasteiger partial charge in [0.2, 0.25) is 0 Å². The maximum Gasteiger partial charge on any atom is 0.333 e. The summed E-state index contributed by atoms with van der Waals surface area (Å²) in [4.78, 5) is 11.2. The van der Waals surface area contributed by atoms with E-state index in [9.17, 15) is 4.79 Å². The average Bonchev–Trinajstić information content (AvgIpc) is 2.46. The smallest absolute Gasteiger partial charge is 0.333 e. The van der Waals surface area contributed by atoms with Gasteiger partial charge in [-0.1, -0.05) is 18.2 Å². The fourth-order valence-electron chi connectivity index (χ4n) is 1.64. The van der Waals surface area contributed by atoms with Gasteiger partial charge in [0.1, 0.15) is 5.75 Å². The number of rotatable bonds is 6. The molecule has 4 heteroatoms.